The van der Waals surface area contributed by atoms with E-state index in [1.165, 1.54) is 0 Å². The number of aliphatic hydroxyl groups is 4. The van der Waals surface area contributed by atoms with Crippen LogP contribution in [-0.4, -0.2) is 44.8 Å². The zero-order valence-electron chi connectivity index (χ0n) is 13.2. The van der Waals surface area contributed by atoms with Crippen molar-refractivity contribution in [2.45, 2.75) is 102 Å². The highest BCUT2D eigenvalue weighted by Gasteiger charge is 2.22. The highest BCUT2D eigenvalue weighted by Crippen LogP contribution is 2.15. The van der Waals surface area contributed by atoms with Gasteiger partial charge in [-0.15, -0.1) is 0 Å². The molecule has 0 heterocycles. The van der Waals surface area contributed by atoms with Crippen LogP contribution < -0.4 is 0 Å². The molecule has 0 radical (unpaired) electrons. The molecule has 0 amide bonds. The molecule has 4 unspecified atom stereocenters. The minimum absolute atomic E-state index is 0.187. The third kappa shape index (κ3) is 10.6. The minimum atomic E-state index is -0.951. The smallest absolute Gasteiger partial charge is 0.0824 e. The molecule has 0 aromatic rings. The quantitative estimate of drug-likeness (QED) is 0.393. The fourth-order valence-corrected chi connectivity index (χ4v) is 2.37. The first-order chi connectivity index (χ1) is 9.51. The van der Waals surface area contributed by atoms with E-state index < -0.39 is 24.4 Å². The molecule has 0 aliphatic carbocycles. The lowest BCUT2D eigenvalue weighted by atomic mass is 9.97. The SMILES string of the molecule is CCCCCC(O)CC(O)C(O)CC(O)CCCCC. The summed E-state index contributed by atoms with van der Waals surface area (Å²) in [4.78, 5) is 0. The second-order valence-corrected chi connectivity index (χ2v) is 5.91. The molecule has 4 heteroatoms. The van der Waals surface area contributed by atoms with Gasteiger partial charge in [0.25, 0.3) is 0 Å². The number of hydrogen-bond donors (Lipinski definition) is 4. The summed E-state index contributed by atoms with van der Waals surface area (Å²) >= 11 is 0. The van der Waals surface area contributed by atoms with Crippen molar-refractivity contribution < 1.29 is 20.4 Å². The van der Waals surface area contributed by atoms with Crippen molar-refractivity contribution in [2.75, 3.05) is 0 Å². The average Bonchev–Trinajstić information content (AvgIpc) is 2.39. The van der Waals surface area contributed by atoms with E-state index in [1.807, 2.05) is 0 Å². The van der Waals surface area contributed by atoms with Crippen LogP contribution >= 0.6 is 0 Å². The molecular formula is C16H34O4. The second-order valence-electron chi connectivity index (χ2n) is 5.91. The van der Waals surface area contributed by atoms with E-state index in [-0.39, 0.29) is 12.8 Å². The van der Waals surface area contributed by atoms with Gasteiger partial charge < -0.3 is 20.4 Å². The van der Waals surface area contributed by atoms with Gasteiger partial charge in [-0.2, -0.15) is 0 Å². The van der Waals surface area contributed by atoms with E-state index in [4.69, 9.17) is 0 Å². The number of unbranched alkanes of at least 4 members (excludes halogenated alkanes) is 4. The van der Waals surface area contributed by atoms with Crippen LogP contribution in [0.2, 0.25) is 0 Å². The Labute approximate surface area is 123 Å². The third-order valence-corrected chi connectivity index (χ3v) is 3.75. The van der Waals surface area contributed by atoms with E-state index in [0.717, 1.165) is 38.5 Å². The lowest BCUT2D eigenvalue weighted by Crippen LogP contribution is -2.33. The Morgan fingerprint density at radius 1 is 0.600 bits per heavy atom. The molecule has 0 aliphatic rings. The van der Waals surface area contributed by atoms with Crippen molar-refractivity contribution in [1.29, 1.82) is 0 Å². The molecule has 0 aromatic heterocycles. The van der Waals surface area contributed by atoms with Crippen LogP contribution in [0.4, 0.5) is 0 Å². The van der Waals surface area contributed by atoms with Gasteiger partial charge in [0.05, 0.1) is 24.4 Å². The van der Waals surface area contributed by atoms with Crippen LogP contribution in [0.1, 0.15) is 78.1 Å². The van der Waals surface area contributed by atoms with E-state index in [9.17, 15) is 20.4 Å². The van der Waals surface area contributed by atoms with Gasteiger partial charge in [0.15, 0.2) is 0 Å². The third-order valence-electron chi connectivity index (χ3n) is 3.75. The van der Waals surface area contributed by atoms with Gasteiger partial charge in [-0.1, -0.05) is 52.4 Å². The normalized spacial score (nSPS) is 17.7. The van der Waals surface area contributed by atoms with Crippen molar-refractivity contribution in [3.8, 4) is 0 Å². The molecule has 0 aliphatic heterocycles. The standard InChI is InChI=1S/C16H34O4/c1-3-5-7-9-13(17)11-15(19)16(20)12-14(18)10-8-6-4-2/h13-20H,3-12H2,1-2H3. The van der Waals surface area contributed by atoms with Gasteiger partial charge in [0.2, 0.25) is 0 Å². The Kier molecular flexibility index (Phi) is 12.5. The minimum Gasteiger partial charge on any atom is -0.393 e. The highest BCUT2D eigenvalue weighted by atomic mass is 16.3. The van der Waals surface area contributed by atoms with Crippen LogP contribution in [0.15, 0.2) is 0 Å². The van der Waals surface area contributed by atoms with E-state index in [0.29, 0.717) is 12.8 Å². The molecule has 0 aromatic carbocycles. The van der Waals surface area contributed by atoms with Crippen molar-refractivity contribution in [2.24, 2.45) is 0 Å². The van der Waals surface area contributed by atoms with Crippen LogP contribution in [0.3, 0.4) is 0 Å². The second kappa shape index (κ2) is 12.6. The van der Waals surface area contributed by atoms with Crippen molar-refractivity contribution in [3.05, 3.63) is 0 Å². The largest absolute Gasteiger partial charge is 0.393 e. The first kappa shape index (κ1) is 19.8. The fourth-order valence-electron chi connectivity index (χ4n) is 2.37. The Hall–Kier alpha value is -0.160. The Morgan fingerprint density at radius 3 is 1.25 bits per heavy atom. The fraction of sp³-hybridized carbons (Fsp3) is 1.00. The maximum atomic E-state index is 9.84. The molecule has 122 valence electrons. The Balaban J connectivity index is 3.80. The highest BCUT2D eigenvalue weighted by molar-refractivity contribution is 4.74. The Bertz CT molecular complexity index is 189. The topological polar surface area (TPSA) is 80.9 Å². The summed E-state index contributed by atoms with van der Waals surface area (Å²) in [6.45, 7) is 4.20. The van der Waals surface area contributed by atoms with Crippen molar-refractivity contribution >= 4 is 0 Å². The lowest BCUT2D eigenvalue weighted by Gasteiger charge is -2.22. The lowest BCUT2D eigenvalue weighted by molar-refractivity contribution is -0.0365. The average molecular weight is 290 g/mol. The predicted octanol–water partition coefficient (Wildman–Crippen LogP) is 2.37. The zero-order valence-corrected chi connectivity index (χ0v) is 13.2. The first-order valence-electron chi connectivity index (χ1n) is 8.23. The van der Waals surface area contributed by atoms with Gasteiger partial charge in [0.1, 0.15) is 0 Å². The van der Waals surface area contributed by atoms with Gasteiger partial charge >= 0.3 is 0 Å². The maximum absolute atomic E-state index is 9.84. The molecule has 0 saturated carbocycles. The molecule has 0 saturated heterocycles. The molecule has 0 bridgehead atoms. The van der Waals surface area contributed by atoms with E-state index in [2.05, 4.69) is 13.8 Å². The molecule has 0 spiro atoms. The summed E-state index contributed by atoms with van der Waals surface area (Å²) in [6, 6.07) is 0. The van der Waals surface area contributed by atoms with Gasteiger partial charge in [0, 0.05) is 12.8 Å². The van der Waals surface area contributed by atoms with Crippen molar-refractivity contribution in [3.63, 3.8) is 0 Å². The zero-order chi connectivity index (χ0) is 15.4. The van der Waals surface area contributed by atoms with Crippen LogP contribution in [0.5, 0.6) is 0 Å². The summed E-state index contributed by atoms with van der Waals surface area (Å²) in [5.74, 6) is 0. The predicted molar refractivity (Wildman–Crippen MR) is 81.5 cm³/mol. The summed E-state index contributed by atoms with van der Waals surface area (Å²) in [5, 5.41) is 39.2. The van der Waals surface area contributed by atoms with Gasteiger partial charge in [-0.25, -0.2) is 0 Å². The molecule has 4 nitrogen and oxygen atoms in total. The van der Waals surface area contributed by atoms with Crippen molar-refractivity contribution in [1.82, 2.24) is 0 Å². The molecule has 0 fully saturated rings. The first-order valence-corrected chi connectivity index (χ1v) is 8.23. The summed E-state index contributed by atoms with van der Waals surface area (Å²) in [5.41, 5.74) is 0. The molecule has 0 rings (SSSR count). The van der Waals surface area contributed by atoms with E-state index >= 15 is 0 Å². The van der Waals surface area contributed by atoms with Crippen LogP contribution in [0, 0.1) is 0 Å². The summed E-state index contributed by atoms with van der Waals surface area (Å²) in [7, 11) is 0. The molecule has 4 atom stereocenters. The summed E-state index contributed by atoms with van der Waals surface area (Å²) < 4.78 is 0. The number of rotatable bonds is 13. The van der Waals surface area contributed by atoms with E-state index in [1.54, 1.807) is 0 Å². The number of aliphatic hydroxyl groups excluding tert-OH is 4. The maximum Gasteiger partial charge on any atom is 0.0824 e. The number of hydrogen-bond acceptors (Lipinski definition) is 4. The monoisotopic (exact) mass is 290 g/mol. The van der Waals surface area contributed by atoms with Crippen LogP contribution in [-0.2, 0) is 0 Å². The van der Waals surface area contributed by atoms with Gasteiger partial charge in [-0.3, -0.25) is 0 Å². The molecule has 4 N–H and O–H groups in total. The Morgan fingerprint density at radius 2 is 0.950 bits per heavy atom. The van der Waals surface area contributed by atoms with Gasteiger partial charge in [-0.05, 0) is 12.8 Å². The molecular weight excluding hydrogens is 256 g/mol. The molecule has 20 heavy (non-hydrogen) atoms. The van der Waals surface area contributed by atoms with Crippen LogP contribution in [0.25, 0.3) is 0 Å². The summed E-state index contributed by atoms with van der Waals surface area (Å²) in [6.07, 6.45) is 4.90.